The van der Waals surface area contributed by atoms with Crippen LogP contribution in [0.3, 0.4) is 0 Å². The zero-order valence-electron chi connectivity index (χ0n) is 7.43. The summed E-state index contributed by atoms with van der Waals surface area (Å²) in [5.74, 6) is 0. The first kappa shape index (κ1) is 10.0. The fourth-order valence-corrected chi connectivity index (χ4v) is 1.81. The summed E-state index contributed by atoms with van der Waals surface area (Å²) in [6.45, 7) is 0. The zero-order chi connectivity index (χ0) is 10.1. The second kappa shape index (κ2) is 3.35. The molecule has 0 aromatic heterocycles. The largest absolute Gasteiger partial charge is 0.377 e. The second-order valence-corrected chi connectivity index (χ2v) is 4.23. The number of rotatable bonds is 2. The van der Waals surface area contributed by atoms with E-state index in [4.69, 9.17) is 4.55 Å². The normalized spacial score (nSPS) is 11.3. The average Bonchev–Trinajstić information content (AvgIpc) is 2.03. The third-order valence-electron chi connectivity index (χ3n) is 1.62. The summed E-state index contributed by atoms with van der Waals surface area (Å²) < 4.78 is 30.6. The highest BCUT2D eigenvalue weighted by atomic mass is 32.2. The van der Waals surface area contributed by atoms with Crippen molar-refractivity contribution in [2.45, 2.75) is 4.90 Å². The van der Waals surface area contributed by atoms with E-state index in [9.17, 15) is 8.42 Å². The van der Waals surface area contributed by atoms with E-state index in [-0.39, 0.29) is 4.90 Å². The van der Waals surface area contributed by atoms with E-state index in [2.05, 4.69) is 0 Å². The Kier molecular flexibility index (Phi) is 2.58. The van der Waals surface area contributed by atoms with E-state index in [1.807, 2.05) is 0 Å². The molecular weight excluding hydrogens is 190 g/mol. The predicted molar refractivity (Wildman–Crippen MR) is 50.6 cm³/mol. The summed E-state index contributed by atoms with van der Waals surface area (Å²) in [5.41, 5.74) is 0.477. The Labute approximate surface area is 77.5 Å². The summed E-state index contributed by atoms with van der Waals surface area (Å²) in [6.07, 6.45) is 0. The van der Waals surface area contributed by atoms with Crippen LogP contribution >= 0.6 is 0 Å². The van der Waals surface area contributed by atoms with Crippen LogP contribution in [-0.2, 0) is 10.1 Å². The van der Waals surface area contributed by atoms with Crippen LogP contribution in [0, 0.1) is 0 Å². The number of hydrogen-bond acceptors (Lipinski definition) is 3. The van der Waals surface area contributed by atoms with Crippen LogP contribution in [0.15, 0.2) is 29.2 Å². The lowest BCUT2D eigenvalue weighted by Gasteiger charge is -2.14. The van der Waals surface area contributed by atoms with Crippen molar-refractivity contribution in [3.05, 3.63) is 24.3 Å². The van der Waals surface area contributed by atoms with Crippen LogP contribution in [0.25, 0.3) is 0 Å². The van der Waals surface area contributed by atoms with Gasteiger partial charge in [0.25, 0.3) is 10.1 Å². The van der Waals surface area contributed by atoms with Crippen LogP contribution in [0.4, 0.5) is 5.69 Å². The predicted octanol–water partition coefficient (Wildman–Crippen LogP) is 0.999. The van der Waals surface area contributed by atoms with Gasteiger partial charge >= 0.3 is 0 Å². The summed E-state index contributed by atoms with van der Waals surface area (Å²) in [7, 11) is -0.696. The third-order valence-corrected chi connectivity index (χ3v) is 2.53. The fraction of sp³-hybridized carbons (Fsp3) is 0.250. The quantitative estimate of drug-likeness (QED) is 0.725. The molecule has 0 saturated carbocycles. The van der Waals surface area contributed by atoms with Crippen molar-refractivity contribution in [2.75, 3.05) is 19.0 Å². The molecule has 4 nitrogen and oxygen atoms in total. The molecule has 1 aromatic carbocycles. The lowest BCUT2D eigenvalue weighted by Crippen LogP contribution is -2.13. The van der Waals surface area contributed by atoms with Crippen molar-refractivity contribution in [3.63, 3.8) is 0 Å². The van der Waals surface area contributed by atoms with E-state index >= 15 is 0 Å². The van der Waals surface area contributed by atoms with E-state index in [1.54, 1.807) is 37.2 Å². The molecule has 0 aliphatic heterocycles. The molecule has 0 atom stereocenters. The molecule has 13 heavy (non-hydrogen) atoms. The monoisotopic (exact) mass is 201 g/mol. The molecule has 72 valence electrons. The molecule has 1 rings (SSSR count). The highest BCUT2D eigenvalue weighted by Crippen LogP contribution is 2.22. The summed E-state index contributed by atoms with van der Waals surface area (Å²) >= 11 is 0. The molecule has 0 heterocycles. The van der Waals surface area contributed by atoms with Crippen molar-refractivity contribution < 1.29 is 13.0 Å². The van der Waals surface area contributed by atoms with E-state index < -0.39 is 10.1 Å². The van der Waals surface area contributed by atoms with Gasteiger partial charge in [-0.3, -0.25) is 4.55 Å². The van der Waals surface area contributed by atoms with Crippen molar-refractivity contribution in [1.29, 1.82) is 0 Å². The van der Waals surface area contributed by atoms with E-state index in [0.717, 1.165) is 0 Å². The minimum absolute atomic E-state index is 0.0694. The Bertz CT molecular complexity index is 398. The van der Waals surface area contributed by atoms with Gasteiger partial charge in [-0.25, -0.2) is 0 Å². The van der Waals surface area contributed by atoms with Crippen molar-refractivity contribution >= 4 is 15.8 Å². The molecule has 0 fully saturated rings. The van der Waals surface area contributed by atoms with Gasteiger partial charge < -0.3 is 4.90 Å². The average molecular weight is 201 g/mol. The maximum Gasteiger partial charge on any atom is 0.296 e. The molecule has 0 spiro atoms. The Morgan fingerprint density at radius 3 is 2.15 bits per heavy atom. The molecule has 0 aliphatic rings. The van der Waals surface area contributed by atoms with Gasteiger partial charge in [0.2, 0.25) is 0 Å². The molecule has 1 N–H and O–H groups in total. The minimum atomic E-state index is -4.12. The number of para-hydroxylation sites is 1. The van der Waals surface area contributed by atoms with Gasteiger partial charge in [-0.05, 0) is 12.1 Å². The van der Waals surface area contributed by atoms with Gasteiger partial charge in [0.05, 0.1) is 5.69 Å². The molecule has 0 unspecified atom stereocenters. The van der Waals surface area contributed by atoms with Gasteiger partial charge in [-0.1, -0.05) is 12.1 Å². The van der Waals surface area contributed by atoms with Crippen LogP contribution in [0.5, 0.6) is 0 Å². The van der Waals surface area contributed by atoms with Crippen molar-refractivity contribution in [3.8, 4) is 0 Å². The molecule has 0 radical (unpaired) electrons. The number of hydrogen-bond donors (Lipinski definition) is 1. The topological polar surface area (TPSA) is 57.6 Å². The lowest BCUT2D eigenvalue weighted by molar-refractivity contribution is 0.483. The molecular formula is C8H11NO3S. The molecule has 1 aromatic rings. The maximum absolute atomic E-state index is 10.9. The first-order valence-corrected chi connectivity index (χ1v) is 5.11. The number of anilines is 1. The van der Waals surface area contributed by atoms with Gasteiger partial charge in [0, 0.05) is 14.1 Å². The van der Waals surface area contributed by atoms with Crippen LogP contribution in [0.1, 0.15) is 0 Å². The maximum atomic E-state index is 10.9. The lowest BCUT2D eigenvalue weighted by atomic mass is 10.3. The fourth-order valence-electron chi connectivity index (χ4n) is 1.04. The highest BCUT2D eigenvalue weighted by Gasteiger charge is 2.15. The zero-order valence-corrected chi connectivity index (χ0v) is 8.25. The smallest absolute Gasteiger partial charge is 0.296 e. The third kappa shape index (κ3) is 2.19. The van der Waals surface area contributed by atoms with Crippen molar-refractivity contribution in [1.82, 2.24) is 0 Å². The molecule has 5 heteroatoms. The van der Waals surface area contributed by atoms with Crippen LogP contribution in [-0.4, -0.2) is 27.1 Å². The Morgan fingerprint density at radius 2 is 1.77 bits per heavy atom. The molecule has 0 saturated heterocycles. The Balaban J connectivity index is 3.37. The first-order valence-electron chi connectivity index (χ1n) is 3.67. The first-order chi connectivity index (χ1) is 5.93. The summed E-state index contributed by atoms with van der Waals surface area (Å²) in [4.78, 5) is 1.56. The van der Waals surface area contributed by atoms with Crippen molar-refractivity contribution in [2.24, 2.45) is 0 Å². The molecule has 0 bridgehead atoms. The summed E-state index contributed by atoms with van der Waals surface area (Å²) in [5, 5.41) is 0. The molecule has 0 amide bonds. The number of benzene rings is 1. The second-order valence-electron chi connectivity index (χ2n) is 2.84. The summed E-state index contributed by atoms with van der Waals surface area (Å²) in [6, 6.07) is 6.27. The SMILES string of the molecule is CN(C)c1ccccc1S(=O)(=O)O. The molecule has 0 aliphatic carbocycles. The minimum Gasteiger partial charge on any atom is -0.377 e. The van der Waals surface area contributed by atoms with E-state index in [0.29, 0.717) is 5.69 Å². The van der Waals surface area contributed by atoms with Gasteiger partial charge in [0.15, 0.2) is 0 Å². The Hall–Kier alpha value is -1.07. The van der Waals surface area contributed by atoms with Gasteiger partial charge in [0.1, 0.15) is 4.90 Å². The standard InChI is InChI=1S/C8H11NO3S/c1-9(2)7-5-3-4-6-8(7)13(10,11)12/h3-6H,1-2H3,(H,10,11,12). The number of nitrogens with zero attached hydrogens (tertiary/aromatic N) is 1. The van der Waals surface area contributed by atoms with Crippen LogP contribution in [0.2, 0.25) is 0 Å². The van der Waals surface area contributed by atoms with E-state index in [1.165, 1.54) is 6.07 Å². The van der Waals surface area contributed by atoms with Gasteiger partial charge in [-0.2, -0.15) is 8.42 Å². The van der Waals surface area contributed by atoms with Crippen LogP contribution < -0.4 is 4.90 Å². The highest BCUT2D eigenvalue weighted by molar-refractivity contribution is 7.86. The van der Waals surface area contributed by atoms with Gasteiger partial charge in [-0.15, -0.1) is 0 Å². The Morgan fingerprint density at radius 1 is 1.23 bits per heavy atom.